The molecule has 44 valence electrons. The van der Waals surface area contributed by atoms with Gasteiger partial charge in [0.1, 0.15) is 5.76 Å². The highest BCUT2D eigenvalue weighted by Crippen LogP contribution is 2.07. The predicted octanol–water partition coefficient (Wildman–Crippen LogP) is 2.02. The normalized spacial score (nSPS) is 9.75. The molecule has 1 aromatic heterocycles. The SMILES string of the molecule is Cc1coc(CS)c1. The van der Waals surface area contributed by atoms with E-state index in [1.54, 1.807) is 6.26 Å². The van der Waals surface area contributed by atoms with Gasteiger partial charge < -0.3 is 4.42 Å². The van der Waals surface area contributed by atoms with Gasteiger partial charge in [0.25, 0.3) is 0 Å². The van der Waals surface area contributed by atoms with Gasteiger partial charge in [-0.1, -0.05) is 0 Å². The van der Waals surface area contributed by atoms with Crippen LogP contribution in [-0.4, -0.2) is 0 Å². The molecule has 0 fully saturated rings. The molecule has 1 aromatic rings. The molecule has 0 bridgehead atoms. The van der Waals surface area contributed by atoms with Crippen molar-refractivity contribution in [2.24, 2.45) is 0 Å². The van der Waals surface area contributed by atoms with Gasteiger partial charge in [-0.15, -0.1) is 0 Å². The lowest BCUT2D eigenvalue weighted by Gasteiger charge is -1.79. The van der Waals surface area contributed by atoms with Crippen molar-refractivity contribution in [1.82, 2.24) is 0 Å². The molecule has 0 unspecified atom stereocenters. The first kappa shape index (κ1) is 5.76. The van der Waals surface area contributed by atoms with Crippen molar-refractivity contribution in [2.45, 2.75) is 12.7 Å². The number of hydrogen-bond donors (Lipinski definition) is 1. The number of thiol groups is 1. The van der Waals surface area contributed by atoms with Crippen molar-refractivity contribution < 1.29 is 4.42 Å². The van der Waals surface area contributed by atoms with Gasteiger partial charge in [-0.2, -0.15) is 12.6 Å². The molecule has 0 aliphatic rings. The second kappa shape index (κ2) is 2.27. The van der Waals surface area contributed by atoms with Crippen molar-refractivity contribution in [2.75, 3.05) is 0 Å². The van der Waals surface area contributed by atoms with E-state index in [2.05, 4.69) is 12.6 Å². The molecule has 1 heterocycles. The summed E-state index contributed by atoms with van der Waals surface area (Å²) in [6, 6.07) is 1.98. The molecule has 0 radical (unpaired) electrons. The Morgan fingerprint density at radius 3 is 2.75 bits per heavy atom. The summed E-state index contributed by atoms with van der Waals surface area (Å²) in [6.07, 6.45) is 1.73. The number of furan rings is 1. The maximum atomic E-state index is 5.04. The minimum atomic E-state index is 0.688. The fourth-order valence-corrected chi connectivity index (χ4v) is 0.739. The summed E-state index contributed by atoms with van der Waals surface area (Å²) in [4.78, 5) is 0. The Hall–Kier alpha value is -0.370. The van der Waals surface area contributed by atoms with Crippen LogP contribution in [-0.2, 0) is 5.75 Å². The fraction of sp³-hybridized carbons (Fsp3) is 0.333. The largest absolute Gasteiger partial charge is 0.468 e. The zero-order chi connectivity index (χ0) is 5.98. The van der Waals surface area contributed by atoms with E-state index in [0.29, 0.717) is 5.75 Å². The molecule has 1 nitrogen and oxygen atoms in total. The molecule has 0 spiro atoms. The van der Waals surface area contributed by atoms with E-state index in [-0.39, 0.29) is 0 Å². The molecule has 0 N–H and O–H groups in total. The Morgan fingerprint density at radius 1 is 1.75 bits per heavy atom. The van der Waals surface area contributed by atoms with Gasteiger partial charge in [0.05, 0.1) is 6.26 Å². The molecule has 0 amide bonds. The van der Waals surface area contributed by atoms with Crippen LogP contribution in [0, 0.1) is 6.92 Å². The van der Waals surface area contributed by atoms with E-state index in [9.17, 15) is 0 Å². The monoisotopic (exact) mass is 128 g/mol. The highest BCUT2D eigenvalue weighted by atomic mass is 32.1. The minimum absolute atomic E-state index is 0.688. The van der Waals surface area contributed by atoms with E-state index in [1.807, 2.05) is 13.0 Å². The summed E-state index contributed by atoms with van der Waals surface area (Å²) in [5, 5.41) is 0. The lowest BCUT2D eigenvalue weighted by molar-refractivity contribution is 0.529. The van der Waals surface area contributed by atoms with Crippen LogP contribution in [0.1, 0.15) is 11.3 Å². The Balaban J connectivity index is 2.84. The first-order valence-electron chi connectivity index (χ1n) is 2.48. The van der Waals surface area contributed by atoms with Gasteiger partial charge in [-0.05, 0) is 18.6 Å². The third-order valence-corrected chi connectivity index (χ3v) is 1.25. The van der Waals surface area contributed by atoms with Gasteiger partial charge in [-0.3, -0.25) is 0 Å². The highest BCUT2D eigenvalue weighted by Gasteiger charge is 1.91. The topological polar surface area (TPSA) is 13.1 Å². The molecule has 0 aliphatic carbocycles. The zero-order valence-electron chi connectivity index (χ0n) is 4.72. The standard InChI is InChI=1S/C6H8OS/c1-5-2-6(4-8)7-3-5/h2-3,8H,4H2,1H3. The first-order chi connectivity index (χ1) is 3.83. The maximum absolute atomic E-state index is 5.04. The smallest absolute Gasteiger partial charge is 0.113 e. The minimum Gasteiger partial charge on any atom is -0.468 e. The number of rotatable bonds is 1. The number of aryl methyl sites for hydroxylation is 1. The van der Waals surface area contributed by atoms with Gasteiger partial charge >= 0.3 is 0 Å². The second-order valence-electron chi connectivity index (χ2n) is 1.75. The van der Waals surface area contributed by atoms with Gasteiger partial charge in [0.15, 0.2) is 0 Å². The van der Waals surface area contributed by atoms with E-state index < -0.39 is 0 Å². The molecule has 2 heteroatoms. The van der Waals surface area contributed by atoms with E-state index >= 15 is 0 Å². The Bertz CT molecular complexity index is 169. The average molecular weight is 128 g/mol. The molecule has 0 aliphatic heterocycles. The third kappa shape index (κ3) is 1.07. The van der Waals surface area contributed by atoms with Crippen LogP contribution >= 0.6 is 12.6 Å². The summed E-state index contributed by atoms with van der Waals surface area (Å²) in [5.41, 5.74) is 1.16. The summed E-state index contributed by atoms with van der Waals surface area (Å²) in [6.45, 7) is 2.00. The summed E-state index contributed by atoms with van der Waals surface area (Å²) < 4.78 is 5.04. The zero-order valence-corrected chi connectivity index (χ0v) is 5.61. The van der Waals surface area contributed by atoms with Gasteiger partial charge in [-0.25, -0.2) is 0 Å². The molecule has 1 rings (SSSR count). The Morgan fingerprint density at radius 2 is 2.50 bits per heavy atom. The second-order valence-corrected chi connectivity index (χ2v) is 2.06. The van der Waals surface area contributed by atoms with Crippen LogP contribution in [0.15, 0.2) is 16.7 Å². The fourth-order valence-electron chi connectivity index (χ4n) is 0.574. The van der Waals surface area contributed by atoms with Crippen LogP contribution < -0.4 is 0 Å². The van der Waals surface area contributed by atoms with E-state index in [1.165, 1.54) is 0 Å². The van der Waals surface area contributed by atoms with Crippen molar-refractivity contribution in [1.29, 1.82) is 0 Å². The molecular weight excluding hydrogens is 120 g/mol. The van der Waals surface area contributed by atoms with Crippen molar-refractivity contribution in [3.8, 4) is 0 Å². The lowest BCUT2D eigenvalue weighted by Crippen LogP contribution is -1.64. The molecule has 0 saturated carbocycles. The molecule has 0 aromatic carbocycles. The summed E-state index contributed by atoms with van der Waals surface area (Å²) in [7, 11) is 0. The Labute approximate surface area is 54.1 Å². The van der Waals surface area contributed by atoms with Gasteiger partial charge in [0, 0.05) is 5.75 Å². The maximum Gasteiger partial charge on any atom is 0.113 e. The van der Waals surface area contributed by atoms with Crippen LogP contribution in [0.3, 0.4) is 0 Å². The van der Waals surface area contributed by atoms with Crippen LogP contribution in [0.25, 0.3) is 0 Å². The van der Waals surface area contributed by atoms with E-state index in [4.69, 9.17) is 4.42 Å². The molecule has 0 saturated heterocycles. The van der Waals surface area contributed by atoms with Crippen molar-refractivity contribution >= 4 is 12.6 Å². The highest BCUT2D eigenvalue weighted by molar-refractivity contribution is 7.79. The Kier molecular flexibility index (Phi) is 1.63. The molecule has 8 heavy (non-hydrogen) atoms. The lowest BCUT2D eigenvalue weighted by atomic mass is 10.4. The predicted molar refractivity (Wildman–Crippen MR) is 36.1 cm³/mol. The first-order valence-corrected chi connectivity index (χ1v) is 3.11. The quantitative estimate of drug-likeness (QED) is 0.571. The molecular formula is C6H8OS. The molecule has 0 atom stereocenters. The number of hydrogen-bond acceptors (Lipinski definition) is 2. The third-order valence-electron chi connectivity index (χ3n) is 0.941. The average Bonchev–Trinajstić information content (AvgIpc) is 2.14. The van der Waals surface area contributed by atoms with Crippen molar-refractivity contribution in [3.63, 3.8) is 0 Å². The van der Waals surface area contributed by atoms with E-state index in [0.717, 1.165) is 11.3 Å². The summed E-state index contributed by atoms with van der Waals surface area (Å²) >= 11 is 4.03. The van der Waals surface area contributed by atoms with Crippen LogP contribution in [0.4, 0.5) is 0 Å². The van der Waals surface area contributed by atoms with Gasteiger partial charge in [0.2, 0.25) is 0 Å². The van der Waals surface area contributed by atoms with Crippen LogP contribution in [0.5, 0.6) is 0 Å². The summed E-state index contributed by atoms with van der Waals surface area (Å²) in [5.74, 6) is 1.62. The van der Waals surface area contributed by atoms with Crippen LogP contribution in [0.2, 0.25) is 0 Å². The van der Waals surface area contributed by atoms with Crippen molar-refractivity contribution in [3.05, 3.63) is 23.7 Å².